The molecule has 0 bridgehead atoms. The highest BCUT2D eigenvalue weighted by Gasteiger charge is 2.53. The lowest BCUT2D eigenvalue weighted by atomic mass is 10.1. The van der Waals surface area contributed by atoms with Gasteiger partial charge in [0.25, 0.3) is 0 Å². The molecule has 11 heteroatoms. The summed E-state index contributed by atoms with van der Waals surface area (Å²) in [6.07, 6.45) is -0.0390. The van der Waals surface area contributed by atoms with Gasteiger partial charge in [-0.1, -0.05) is 29.8 Å². The van der Waals surface area contributed by atoms with Gasteiger partial charge in [-0.05, 0) is 60.0 Å². The lowest BCUT2D eigenvalue weighted by molar-refractivity contribution is -0.139. The number of carbonyl (C=O) groups is 1. The van der Waals surface area contributed by atoms with Crippen molar-refractivity contribution < 1.29 is 19.7 Å². The average Bonchev–Trinajstić information content (AvgIpc) is 3.23. The van der Waals surface area contributed by atoms with Crippen molar-refractivity contribution in [2.45, 2.75) is 31.3 Å². The maximum absolute atomic E-state index is 11.6. The fourth-order valence-corrected chi connectivity index (χ4v) is 6.81. The highest BCUT2D eigenvalue weighted by atomic mass is 35.5. The van der Waals surface area contributed by atoms with E-state index in [4.69, 9.17) is 16.3 Å². The molecule has 1 fully saturated rings. The molecule has 0 saturated heterocycles. The summed E-state index contributed by atoms with van der Waals surface area (Å²) in [4.78, 5) is 13.8. The lowest BCUT2D eigenvalue weighted by Crippen LogP contribution is -2.23. The van der Waals surface area contributed by atoms with Crippen LogP contribution in [0.4, 0.5) is 5.69 Å². The van der Waals surface area contributed by atoms with Crippen LogP contribution in [0.2, 0.25) is 5.02 Å². The van der Waals surface area contributed by atoms with Crippen molar-refractivity contribution in [2.24, 2.45) is 0 Å². The van der Waals surface area contributed by atoms with Gasteiger partial charge in [0.2, 0.25) is 6.41 Å². The highest BCUT2D eigenvalue weighted by Crippen LogP contribution is 2.52. The molecule has 3 N–H and O–H groups in total. The zero-order chi connectivity index (χ0) is 24.6. The summed E-state index contributed by atoms with van der Waals surface area (Å²) >= 11 is 10.2. The average molecular weight is 542 g/mol. The summed E-state index contributed by atoms with van der Waals surface area (Å²) in [5, 5.41) is 32.5. The number of carboxylic acids is 1. The Balaban J connectivity index is 1.31. The third-order valence-electron chi connectivity index (χ3n) is 5.56. The van der Waals surface area contributed by atoms with E-state index in [9.17, 15) is 20.3 Å². The topological polar surface area (TPSA) is 115 Å². The maximum Gasteiger partial charge on any atom is 0.314 e. The number of hydrogen-bond donors (Lipinski definition) is 3. The Morgan fingerprint density at radius 1 is 1.26 bits per heavy atom. The number of aromatic nitrogens is 1. The summed E-state index contributed by atoms with van der Waals surface area (Å²) in [6, 6.07) is 13.0. The number of nitrogens with zero attached hydrogens (tertiary/aromatic N) is 2. The first kappa shape index (κ1) is 23.8. The quantitative estimate of drug-likeness (QED) is 0.213. The lowest BCUT2D eigenvalue weighted by Gasteiger charge is -2.14. The summed E-state index contributed by atoms with van der Waals surface area (Å²) in [7, 11) is 0. The molecule has 0 amide bonds. The van der Waals surface area contributed by atoms with Crippen molar-refractivity contribution in [2.75, 3.05) is 5.32 Å². The Labute approximate surface area is 217 Å². The molecule has 0 radical (unpaired) electrons. The van der Waals surface area contributed by atoms with Crippen LogP contribution in [0.5, 0.6) is 0 Å². The van der Waals surface area contributed by atoms with Gasteiger partial charge < -0.3 is 20.3 Å². The molecule has 1 atom stereocenters. The van der Waals surface area contributed by atoms with Crippen molar-refractivity contribution in [1.29, 1.82) is 5.26 Å². The third-order valence-corrected chi connectivity index (χ3v) is 9.10. The second-order valence-corrected chi connectivity index (χ2v) is 11.2. The molecule has 7 nitrogen and oxygen atoms in total. The van der Waals surface area contributed by atoms with Crippen molar-refractivity contribution >= 4 is 66.9 Å². The predicted molar refractivity (Wildman–Crippen MR) is 137 cm³/mol. The van der Waals surface area contributed by atoms with Crippen LogP contribution in [-0.4, -0.2) is 27.0 Å². The number of aliphatic hydroxyl groups excluding tert-OH is 1. The first-order chi connectivity index (χ1) is 16.9. The molecule has 176 valence electrons. The van der Waals surface area contributed by atoms with Crippen LogP contribution >= 0.6 is 45.8 Å². The number of halogens is 1. The number of nitrogens with one attached hydrogen (secondary N) is 1. The van der Waals surface area contributed by atoms with E-state index in [0.717, 1.165) is 36.3 Å². The van der Waals surface area contributed by atoms with Crippen LogP contribution < -0.4 is 5.32 Å². The number of thiophene rings is 2. The molecule has 1 aliphatic carbocycles. The first-order valence-corrected chi connectivity index (χ1v) is 13.2. The van der Waals surface area contributed by atoms with E-state index in [1.54, 1.807) is 18.2 Å². The number of ether oxygens (including phenoxy) is 1. The number of anilines is 1. The van der Waals surface area contributed by atoms with Crippen LogP contribution in [-0.2, 0) is 21.6 Å². The van der Waals surface area contributed by atoms with E-state index < -0.39 is 17.8 Å². The Hall–Kier alpha value is -2.96. The monoisotopic (exact) mass is 541 g/mol. The Morgan fingerprint density at radius 2 is 2.03 bits per heavy atom. The smallest absolute Gasteiger partial charge is 0.314 e. The molecule has 0 spiro atoms. The van der Waals surface area contributed by atoms with E-state index >= 15 is 0 Å². The van der Waals surface area contributed by atoms with E-state index in [-0.39, 0.29) is 12.3 Å². The van der Waals surface area contributed by atoms with E-state index in [1.165, 1.54) is 22.7 Å². The van der Waals surface area contributed by atoms with Crippen LogP contribution in [0.1, 0.15) is 38.7 Å². The Kier molecular flexibility index (Phi) is 6.51. The number of aliphatic hydroxyl groups is 1. The zero-order valence-electron chi connectivity index (χ0n) is 17.9. The molecular formula is C24H16ClN3O4S3. The summed E-state index contributed by atoms with van der Waals surface area (Å²) in [5.74, 6) is 5.35. The molecule has 1 unspecified atom stereocenters. The minimum absolute atomic E-state index is 0.0748. The fourth-order valence-electron chi connectivity index (χ4n) is 3.48. The first-order valence-electron chi connectivity index (χ1n) is 10.4. The van der Waals surface area contributed by atoms with Gasteiger partial charge in [0.1, 0.15) is 22.0 Å². The van der Waals surface area contributed by atoms with Crippen LogP contribution in [0.3, 0.4) is 0 Å². The Bertz CT molecular complexity index is 1500. The molecule has 1 saturated carbocycles. The summed E-state index contributed by atoms with van der Waals surface area (Å²) in [6.45, 7) is 0.0748. The Morgan fingerprint density at radius 3 is 2.71 bits per heavy atom. The second kappa shape index (κ2) is 9.59. The van der Waals surface area contributed by atoms with Gasteiger partial charge in [-0.2, -0.15) is 9.64 Å². The van der Waals surface area contributed by atoms with Gasteiger partial charge in [-0.25, -0.2) is 0 Å². The largest absolute Gasteiger partial charge is 0.481 e. The van der Waals surface area contributed by atoms with Gasteiger partial charge in [0.15, 0.2) is 5.69 Å². The molecule has 35 heavy (non-hydrogen) atoms. The van der Waals surface area contributed by atoms with Gasteiger partial charge >= 0.3 is 5.97 Å². The molecule has 1 aliphatic rings. The van der Waals surface area contributed by atoms with Gasteiger partial charge in [-0.3, -0.25) is 4.79 Å². The summed E-state index contributed by atoms with van der Waals surface area (Å²) < 4.78 is 11.5. The fraction of sp³-hybridized carbons (Fsp3) is 0.208. The predicted octanol–water partition coefficient (Wildman–Crippen LogP) is 5.36. The number of hydrogen-bond acceptors (Lipinski definition) is 9. The van der Waals surface area contributed by atoms with E-state index in [2.05, 4.69) is 21.5 Å². The van der Waals surface area contributed by atoms with Gasteiger partial charge in [0, 0.05) is 19.3 Å². The van der Waals surface area contributed by atoms with Crippen LogP contribution in [0, 0.1) is 23.2 Å². The van der Waals surface area contributed by atoms with Crippen molar-refractivity contribution in [3.63, 3.8) is 0 Å². The van der Waals surface area contributed by atoms with E-state index in [0.29, 0.717) is 28.4 Å². The number of rotatable bonds is 7. The normalized spacial score (nSPS) is 14.7. The minimum Gasteiger partial charge on any atom is -0.481 e. The standard InChI is InChI=1S/C24H16ClN3O4S3/c25-15-4-2-1-3-13(15)12-32-23(31)27-21-16(11-26)28-35-17(21)6-5-14-9-18-19(33-14)10-20(34-18)24(7-8-24)22(29)30/h1-4,9-10,23,27,31H,7-8,12H2,(H,29,30). The van der Waals surface area contributed by atoms with Crippen molar-refractivity contribution in [3.8, 4) is 17.9 Å². The van der Waals surface area contributed by atoms with Crippen molar-refractivity contribution in [1.82, 2.24) is 4.37 Å². The number of benzene rings is 1. The van der Waals surface area contributed by atoms with Gasteiger partial charge in [-0.15, -0.1) is 22.7 Å². The number of carboxylic acid groups (broad SMARTS) is 1. The molecule has 4 aromatic rings. The molecule has 0 aliphatic heterocycles. The third kappa shape index (κ3) is 4.78. The molecule has 1 aromatic carbocycles. The molecule has 3 aromatic heterocycles. The van der Waals surface area contributed by atoms with Crippen LogP contribution in [0.15, 0.2) is 36.4 Å². The SMILES string of the molecule is N#Cc1nsc(C#Cc2cc3sc(C4(C(=O)O)CC4)cc3s2)c1NC(O)OCc1ccccc1Cl. The van der Waals surface area contributed by atoms with E-state index in [1.807, 2.05) is 24.3 Å². The summed E-state index contributed by atoms with van der Waals surface area (Å²) in [5.41, 5.74) is 0.422. The number of fused-ring (bicyclic) bond motifs is 1. The van der Waals surface area contributed by atoms with Crippen molar-refractivity contribution in [3.05, 3.63) is 67.3 Å². The maximum atomic E-state index is 11.6. The molecular weight excluding hydrogens is 526 g/mol. The number of nitriles is 1. The zero-order valence-corrected chi connectivity index (χ0v) is 21.1. The highest BCUT2D eigenvalue weighted by molar-refractivity contribution is 7.28. The molecule has 5 rings (SSSR count). The van der Waals surface area contributed by atoms with Gasteiger partial charge in [0.05, 0.1) is 11.5 Å². The second-order valence-electron chi connectivity index (χ2n) is 7.83. The molecule has 3 heterocycles. The minimum atomic E-state index is -1.40. The van der Waals surface area contributed by atoms with Crippen LogP contribution in [0.25, 0.3) is 9.40 Å². The number of aliphatic carboxylic acids is 1.